The molecular weight excluding hydrogens is 941 g/mol. The van der Waals surface area contributed by atoms with Crippen LogP contribution in [-0.4, -0.2) is 49.8 Å². The van der Waals surface area contributed by atoms with Crippen molar-refractivity contribution in [2.45, 2.75) is 63.2 Å². The number of benzene rings is 2. The quantitative estimate of drug-likeness (QED) is 0.112. The van der Waals surface area contributed by atoms with Gasteiger partial charge in [0.05, 0.1) is 24.0 Å². The van der Waals surface area contributed by atoms with Crippen molar-refractivity contribution < 1.29 is 62.2 Å². The Labute approximate surface area is 374 Å². The lowest BCUT2D eigenvalue weighted by Crippen LogP contribution is -2.48. The van der Waals surface area contributed by atoms with Gasteiger partial charge >= 0.3 is 35.5 Å². The first-order valence-corrected chi connectivity index (χ1v) is 22.1. The maximum Gasteiger partial charge on any atom is 0.380 e. The van der Waals surface area contributed by atoms with Gasteiger partial charge in [0, 0.05) is 51.6 Å². The maximum absolute atomic E-state index is 15.8. The molecule has 8 rings (SSSR count). The minimum Gasteiger partial charge on any atom is -0.497 e. The van der Waals surface area contributed by atoms with E-state index in [0.717, 1.165) is 46.9 Å². The number of ether oxygens (including phenoxy) is 2. The lowest BCUT2D eigenvalue weighted by Gasteiger charge is -2.25. The van der Waals surface area contributed by atoms with Gasteiger partial charge in [-0.25, -0.2) is 0 Å². The highest BCUT2D eigenvalue weighted by molar-refractivity contribution is 7.16. The molecule has 0 fully saturated rings. The van der Waals surface area contributed by atoms with Gasteiger partial charge in [-0.05, 0) is 146 Å². The van der Waals surface area contributed by atoms with Crippen LogP contribution in [0.3, 0.4) is 0 Å². The number of methoxy groups -OCH3 is 2. The second kappa shape index (κ2) is 15.3. The highest BCUT2D eigenvalue weighted by Crippen LogP contribution is 2.67. The predicted octanol–water partition coefficient (Wildman–Crippen LogP) is 15.6. The van der Waals surface area contributed by atoms with Crippen molar-refractivity contribution in [1.29, 1.82) is 0 Å². The minimum atomic E-state index is -5.84. The molecule has 0 bridgehead atoms. The van der Waals surface area contributed by atoms with E-state index in [4.69, 9.17) is 9.47 Å². The average molecular weight is 971 g/mol. The molecule has 2 aliphatic carbocycles. The average Bonchev–Trinajstić information content (AvgIpc) is 4.04. The largest absolute Gasteiger partial charge is 0.497 e. The number of thiophene rings is 4. The summed E-state index contributed by atoms with van der Waals surface area (Å²) in [6.07, 6.45) is 0. The molecule has 18 heteroatoms. The van der Waals surface area contributed by atoms with Crippen LogP contribution in [0.2, 0.25) is 0 Å². The van der Waals surface area contributed by atoms with Crippen molar-refractivity contribution in [1.82, 2.24) is 0 Å². The molecule has 4 heterocycles. The van der Waals surface area contributed by atoms with Crippen molar-refractivity contribution in [3.63, 3.8) is 0 Å². The summed E-state index contributed by atoms with van der Waals surface area (Å²) in [7, 11) is 2.86. The van der Waals surface area contributed by atoms with E-state index in [-0.39, 0.29) is 29.3 Å². The summed E-state index contributed by atoms with van der Waals surface area (Å²) in [4.78, 5) is 0.462. The van der Waals surface area contributed by atoms with E-state index in [2.05, 4.69) is 11.8 Å². The van der Waals surface area contributed by atoms with Crippen LogP contribution in [0.1, 0.15) is 51.5 Å². The number of rotatable bonds is 8. The zero-order valence-corrected chi connectivity index (χ0v) is 37.2. The molecule has 0 unspecified atom stereocenters. The van der Waals surface area contributed by atoms with Crippen molar-refractivity contribution in [2.75, 3.05) is 14.2 Å². The molecule has 0 radical (unpaired) electrons. The van der Waals surface area contributed by atoms with Crippen LogP contribution in [0.5, 0.6) is 11.5 Å². The van der Waals surface area contributed by atoms with E-state index >= 15 is 52.7 Å². The normalized spacial score (nSPS) is 19.0. The van der Waals surface area contributed by atoms with Gasteiger partial charge in [0.15, 0.2) is 0 Å². The summed E-state index contributed by atoms with van der Waals surface area (Å²) >= 11 is 3.27. The molecule has 0 saturated heterocycles. The summed E-state index contributed by atoms with van der Waals surface area (Å²) < 4.78 is 198. The molecule has 4 aromatic heterocycles. The van der Waals surface area contributed by atoms with Crippen LogP contribution in [0.25, 0.3) is 43.2 Å². The van der Waals surface area contributed by atoms with Gasteiger partial charge in [0.25, 0.3) is 0 Å². The highest BCUT2D eigenvalue weighted by atomic mass is 32.1. The first kappa shape index (κ1) is 45.6. The van der Waals surface area contributed by atoms with Crippen LogP contribution >= 0.6 is 45.3 Å². The second-order valence-electron chi connectivity index (χ2n) is 15.0. The van der Waals surface area contributed by atoms with Crippen molar-refractivity contribution >= 4 is 67.6 Å². The van der Waals surface area contributed by atoms with Gasteiger partial charge in [0.1, 0.15) is 11.5 Å². The number of allylic oxidation sites excluding steroid dienone is 4. The van der Waals surface area contributed by atoms with Crippen LogP contribution in [-0.2, 0) is 0 Å². The third kappa shape index (κ3) is 6.66. The van der Waals surface area contributed by atoms with Gasteiger partial charge in [-0.2, -0.15) is 52.7 Å². The molecule has 0 saturated carbocycles. The topological polar surface area (TPSA) is 18.5 Å². The first-order valence-electron chi connectivity index (χ1n) is 18.8. The highest BCUT2D eigenvalue weighted by Gasteiger charge is 2.81. The summed E-state index contributed by atoms with van der Waals surface area (Å²) in [5.74, 6) is -26.9. The smallest absolute Gasteiger partial charge is 0.380 e. The minimum absolute atomic E-state index is 0.0664. The van der Waals surface area contributed by atoms with E-state index in [9.17, 15) is 0 Å². The number of aryl methyl sites for hydroxylation is 4. The fourth-order valence-electron chi connectivity index (χ4n) is 7.83. The molecule has 0 amide bonds. The molecule has 0 N–H and O–H groups in total. The van der Waals surface area contributed by atoms with E-state index in [0.29, 0.717) is 55.1 Å². The van der Waals surface area contributed by atoms with E-state index in [1.165, 1.54) is 41.9 Å². The molecule has 64 heavy (non-hydrogen) atoms. The molecule has 0 aliphatic heterocycles. The van der Waals surface area contributed by atoms with Crippen LogP contribution < -0.4 is 9.47 Å². The van der Waals surface area contributed by atoms with Crippen LogP contribution in [0.15, 0.2) is 72.8 Å². The van der Waals surface area contributed by atoms with E-state index in [1.807, 2.05) is 0 Å². The maximum atomic E-state index is 15.8. The van der Waals surface area contributed by atoms with Crippen LogP contribution in [0, 0.1) is 39.5 Å². The standard InChI is InChI=1S/C46H30F12O2S4/c1-21-31(37-39(43(51,52)45(55,56)41(37,47)48)33-19-35(63-23(33)3)25-7-11-27(59-5)12-8-25)17-29(61-21)15-16-30-18-32(22(2)62-30)38-40(44(53,54)46(57,58)42(38,49)50)34-20-36(64-24(34)4)26-9-13-28(60-6)14-10-26/h7-14,17-20H,1-6H3. The molecule has 0 spiro atoms. The first-order chi connectivity index (χ1) is 29.8. The Bertz CT molecular complexity index is 2770. The number of alkyl halides is 12. The third-order valence-corrected chi connectivity index (χ3v) is 15.3. The number of hydrogen-bond donors (Lipinski definition) is 0. The monoisotopic (exact) mass is 970 g/mol. The zero-order valence-electron chi connectivity index (χ0n) is 33.9. The molecule has 0 atom stereocenters. The lowest BCUT2D eigenvalue weighted by atomic mass is 9.94. The summed E-state index contributed by atoms with van der Waals surface area (Å²) in [6.45, 7) is 5.20. The Balaban J connectivity index is 1.21. The fraction of sp³-hybridized carbons (Fsp3) is 0.261. The lowest BCUT2D eigenvalue weighted by molar-refractivity contribution is -0.254. The summed E-state index contributed by atoms with van der Waals surface area (Å²) in [6, 6.07) is 16.9. The molecule has 2 nitrogen and oxygen atoms in total. The van der Waals surface area contributed by atoms with Gasteiger partial charge in [-0.3, -0.25) is 0 Å². The second-order valence-corrected chi connectivity index (χ2v) is 20.0. The third-order valence-electron chi connectivity index (χ3n) is 11.1. The molecule has 2 aliphatic rings. The summed E-state index contributed by atoms with van der Waals surface area (Å²) in [5, 5.41) is 0. The Morgan fingerprint density at radius 1 is 0.391 bits per heavy atom. The Morgan fingerprint density at radius 2 is 0.656 bits per heavy atom. The van der Waals surface area contributed by atoms with Gasteiger partial charge in [0.2, 0.25) is 0 Å². The zero-order chi connectivity index (χ0) is 46.7. The van der Waals surface area contributed by atoms with Crippen molar-refractivity contribution in [2.24, 2.45) is 0 Å². The summed E-state index contributed by atoms with van der Waals surface area (Å²) in [5.41, 5.74) is -7.58. The van der Waals surface area contributed by atoms with E-state index in [1.54, 1.807) is 48.5 Å². The Hall–Kier alpha value is -4.96. The van der Waals surface area contributed by atoms with E-state index < -0.39 is 80.1 Å². The van der Waals surface area contributed by atoms with Crippen molar-refractivity contribution in [3.05, 3.63) is 124 Å². The van der Waals surface area contributed by atoms with Gasteiger partial charge in [-0.15, -0.1) is 45.3 Å². The molecule has 2 aromatic carbocycles. The van der Waals surface area contributed by atoms with Gasteiger partial charge < -0.3 is 9.47 Å². The Kier molecular flexibility index (Phi) is 10.9. The number of hydrogen-bond acceptors (Lipinski definition) is 6. The van der Waals surface area contributed by atoms with Crippen LogP contribution in [0.4, 0.5) is 52.7 Å². The Morgan fingerprint density at radius 3 is 0.938 bits per heavy atom. The fourth-order valence-corrected chi connectivity index (χ4v) is 11.7. The SMILES string of the molecule is COc1ccc(-c2cc(C3=C(c4cc(C#Cc5cc(C6=C(c7cc(-c8ccc(OC)cc8)sc7C)C(F)(F)C(F)(F)C6(F)F)c(C)s5)sc4C)C(F)(F)C(F)(F)C3(F)F)c(C)s2)cc1. The van der Waals surface area contributed by atoms with Gasteiger partial charge in [-0.1, -0.05) is 0 Å². The molecule has 334 valence electrons. The number of halogens is 12. The predicted molar refractivity (Wildman–Crippen MR) is 229 cm³/mol. The molecule has 6 aromatic rings. The van der Waals surface area contributed by atoms with Crippen molar-refractivity contribution in [3.8, 4) is 44.2 Å². The molecular formula is C46H30F12O2S4.